The van der Waals surface area contributed by atoms with Crippen LogP contribution in [0, 0.1) is 0 Å². The van der Waals surface area contributed by atoms with Crippen molar-refractivity contribution in [3.63, 3.8) is 0 Å². The first kappa shape index (κ1) is 19.7. The highest BCUT2D eigenvalue weighted by atomic mass is 32.1. The molecule has 0 aliphatic carbocycles. The summed E-state index contributed by atoms with van der Waals surface area (Å²) in [6.45, 7) is 0.360. The van der Waals surface area contributed by atoms with Crippen LogP contribution in [0.1, 0.15) is 25.7 Å². The molecule has 2 aromatic heterocycles. The molecule has 8 heteroatoms. The monoisotopic (exact) mass is 420 g/mol. The molecule has 2 aromatic carbocycles. The smallest absolute Gasteiger partial charge is 0.273 e. The number of aromatic nitrogens is 2. The number of carbonyl (C=O) groups is 2. The number of carbonyl (C=O) groups excluding carboxylic acids is 2. The lowest BCUT2D eigenvalue weighted by Gasteiger charge is -2.06. The number of fused-ring (bicyclic) bond motifs is 1. The zero-order valence-electron chi connectivity index (χ0n) is 16.5. The van der Waals surface area contributed by atoms with E-state index in [4.69, 9.17) is 4.74 Å². The van der Waals surface area contributed by atoms with E-state index in [2.05, 4.69) is 21.8 Å². The molecule has 7 nitrogen and oxygen atoms in total. The average molecular weight is 420 g/mol. The molecule has 4 rings (SSSR count). The Bertz CT molecular complexity index is 1230. The third-order valence-electron chi connectivity index (χ3n) is 4.52. The SMILES string of the molecule is CNC(=O)c1nn(C)cc1NC(=O)c1cc(COc2ccc3ccccc3c2)cs1. The molecule has 0 unspecified atom stereocenters. The van der Waals surface area contributed by atoms with Crippen molar-refractivity contribution < 1.29 is 14.3 Å². The van der Waals surface area contributed by atoms with Crippen molar-refractivity contribution in [1.29, 1.82) is 0 Å². The van der Waals surface area contributed by atoms with Gasteiger partial charge in [-0.1, -0.05) is 30.3 Å². The van der Waals surface area contributed by atoms with E-state index in [0.29, 0.717) is 17.2 Å². The van der Waals surface area contributed by atoms with E-state index in [1.165, 1.54) is 23.1 Å². The molecule has 0 fully saturated rings. The van der Waals surface area contributed by atoms with Crippen LogP contribution in [0.25, 0.3) is 10.8 Å². The van der Waals surface area contributed by atoms with Crippen LogP contribution in [0.15, 0.2) is 60.1 Å². The Kier molecular flexibility index (Phi) is 5.49. The summed E-state index contributed by atoms with van der Waals surface area (Å²) in [6.07, 6.45) is 1.60. The molecule has 2 heterocycles. The highest BCUT2D eigenvalue weighted by Gasteiger charge is 2.18. The second kappa shape index (κ2) is 8.38. The van der Waals surface area contributed by atoms with E-state index in [-0.39, 0.29) is 17.5 Å². The van der Waals surface area contributed by atoms with Crippen LogP contribution >= 0.6 is 11.3 Å². The first-order chi connectivity index (χ1) is 14.5. The van der Waals surface area contributed by atoms with Gasteiger partial charge >= 0.3 is 0 Å². The van der Waals surface area contributed by atoms with Crippen LogP contribution in [-0.4, -0.2) is 28.6 Å². The number of nitrogens with one attached hydrogen (secondary N) is 2. The zero-order valence-corrected chi connectivity index (χ0v) is 17.3. The fourth-order valence-corrected chi connectivity index (χ4v) is 3.84. The van der Waals surface area contributed by atoms with Crippen LogP contribution in [0.4, 0.5) is 5.69 Å². The largest absolute Gasteiger partial charge is 0.489 e. The summed E-state index contributed by atoms with van der Waals surface area (Å²) >= 11 is 1.32. The number of aryl methyl sites for hydroxylation is 1. The summed E-state index contributed by atoms with van der Waals surface area (Å²) in [6, 6.07) is 15.8. The van der Waals surface area contributed by atoms with Crippen LogP contribution in [0.2, 0.25) is 0 Å². The minimum atomic E-state index is -0.360. The van der Waals surface area contributed by atoms with Gasteiger partial charge in [0, 0.05) is 25.9 Å². The van der Waals surface area contributed by atoms with Gasteiger partial charge in [-0.15, -0.1) is 11.3 Å². The maximum Gasteiger partial charge on any atom is 0.273 e. The van der Waals surface area contributed by atoms with Crippen LogP contribution in [-0.2, 0) is 13.7 Å². The number of thiophene rings is 1. The fourth-order valence-electron chi connectivity index (χ4n) is 3.04. The highest BCUT2D eigenvalue weighted by molar-refractivity contribution is 7.12. The summed E-state index contributed by atoms with van der Waals surface area (Å²) in [5.41, 5.74) is 1.44. The fraction of sp³-hybridized carbons (Fsp3) is 0.136. The van der Waals surface area contributed by atoms with E-state index in [1.54, 1.807) is 19.3 Å². The Morgan fingerprint density at radius 1 is 1.10 bits per heavy atom. The number of hydrogen-bond donors (Lipinski definition) is 2. The van der Waals surface area contributed by atoms with Gasteiger partial charge in [0.2, 0.25) is 0 Å². The summed E-state index contributed by atoms with van der Waals surface area (Å²) in [7, 11) is 3.21. The molecule has 0 atom stereocenters. The summed E-state index contributed by atoms with van der Waals surface area (Å²) in [5.74, 6) is 0.119. The number of hydrogen-bond acceptors (Lipinski definition) is 5. The zero-order chi connectivity index (χ0) is 21.1. The Hall–Kier alpha value is -3.65. The van der Waals surface area contributed by atoms with Crippen molar-refractivity contribution >= 4 is 39.6 Å². The maximum absolute atomic E-state index is 12.6. The molecular weight excluding hydrogens is 400 g/mol. The molecule has 0 radical (unpaired) electrons. The molecule has 0 saturated heterocycles. The predicted molar refractivity (Wildman–Crippen MR) is 117 cm³/mol. The van der Waals surface area contributed by atoms with Crippen molar-refractivity contribution in [2.45, 2.75) is 6.61 Å². The number of amides is 2. The minimum absolute atomic E-state index is 0.171. The van der Waals surface area contributed by atoms with Gasteiger partial charge in [0.1, 0.15) is 12.4 Å². The summed E-state index contributed by atoms with van der Waals surface area (Å²) < 4.78 is 7.37. The van der Waals surface area contributed by atoms with Gasteiger partial charge in [-0.25, -0.2) is 0 Å². The van der Waals surface area contributed by atoms with E-state index in [1.807, 2.05) is 41.8 Å². The van der Waals surface area contributed by atoms with Gasteiger partial charge in [-0.05, 0) is 34.4 Å². The normalized spacial score (nSPS) is 10.7. The first-order valence-electron chi connectivity index (χ1n) is 9.29. The van der Waals surface area contributed by atoms with Gasteiger partial charge in [0.15, 0.2) is 5.69 Å². The lowest BCUT2D eigenvalue weighted by Crippen LogP contribution is -2.21. The third-order valence-corrected chi connectivity index (χ3v) is 5.50. The second-order valence-electron chi connectivity index (χ2n) is 6.72. The lowest BCUT2D eigenvalue weighted by molar-refractivity contribution is 0.0958. The van der Waals surface area contributed by atoms with E-state index in [9.17, 15) is 9.59 Å². The van der Waals surface area contributed by atoms with Gasteiger partial charge in [0.05, 0.1) is 10.6 Å². The second-order valence-corrected chi connectivity index (χ2v) is 7.63. The molecule has 2 N–H and O–H groups in total. The van der Waals surface area contributed by atoms with Crippen LogP contribution in [0.5, 0.6) is 5.75 Å². The highest BCUT2D eigenvalue weighted by Crippen LogP contribution is 2.23. The standard InChI is InChI=1S/C22H20N4O3S/c1-23-22(28)20-18(11-26(2)25-20)24-21(27)19-9-14(13-30-19)12-29-17-8-7-15-5-3-4-6-16(15)10-17/h3-11,13H,12H2,1-2H3,(H,23,28)(H,24,27). The van der Waals surface area contributed by atoms with Crippen molar-refractivity contribution in [2.75, 3.05) is 12.4 Å². The quantitative estimate of drug-likeness (QED) is 0.497. The third kappa shape index (κ3) is 4.18. The summed E-state index contributed by atoms with van der Waals surface area (Å²) in [5, 5.41) is 13.5. The van der Waals surface area contributed by atoms with Gasteiger partial charge in [-0.3, -0.25) is 14.3 Å². The van der Waals surface area contributed by atoms with Crippen molar-refractivity contribution in [3.8, 4) is 5.75 Å². The Labute approximate surface area is 177 Å². The minimum Gasteiger partial charge on any atom is -0.489 e. The summed E-state index contributed by atoms with van der Waals surface area (Å²) in [4.78, 5) is 25.1. The van der Waals surface area contributed by atoms with E-state index in [0.717, 1.165) is 22.1 Å². The lowest BCUT2D eigenvalue weighted by atomic mass is 10.1. The predicted octanol–water partition coefficient (Wildman–Crippen LogP) is 3.83. The van der Waals surface area contributed by atoms with E-state index >= 15 is 0 Å². The van der Waals surface area contributed by atoms with Crippen molar-refractivity contribution in [2.24, 2.45) is 7.05 Å². The molecule has 152 valence electrons. The molecule has 0 aliphatic heterocycles. The molecule has 0 aliphatic rings. The number of benzene rings is 2. The Morgan fingerprint density at radius 2 is 1.90 bits per heavy atom. The maximum atomic E-state index is 12.6. The van der Waals surface area contributed by atoms with Gasteiger partial charge in [-0.2, -0.15) is 5.10 Å². The average Bonchev–Trinajstić information content (AvgIpc) is 3.38. The molecule has 2 amide bonds. The van der Waals surface area contributed by atoms with Crippen molar-refractivity contribution in [1.82, 2.24) is 15.1 Å². The number of nitrogens with zero attached hydrogens (tertiary/aromatic N) is 2. The van der Waals surface area contributed by atoms with Gasteiger partial charge in [0.25, 0.3) is 11.8 Å². The molecule has 0 saturated carbocycles. The molecular formula is C22H20N4O3S. The molecule has 4 aromatic rings. The van der Waals surface area contributed by atoms with Crippen molar-refractivity contribution in [3.05, 3.63) is 76.2 Å². The number of anilines is 1. The van der Waals surface area contributed by atoms with E-state index < -0.39 is 0 Å². The topological polar surface area (TPSA) is 85.3 Å². The van der Waals surface area contributed by atoms with Crippen LogP contribution in [0.3, 0.4) is 0 Å². The Balaban J connectivity index is 1.42. The van der Waals surface area contributed by atoms with Gasteiger partial charge < -0.3 is 15.4 Å². The van der Waals surface area contributed by atoms with Crippen LogP contribution < -0.4 is 15.4 Å². The molecule has 0 spiro atoms. The number of rotatable bonds is 6. The molecule has 0 bridgehead atoms. The Morgan fingerprint density at radius 3 is 2.70 bits per heavy atom. The number of ether oxygens (including phenoxy) is 1. The first-order valence-corrected chi connectivity index (χ1v) is 10.2. The molecule has 30 heavy (non-hydrogen) atoms.